The van der Waals surface area contributed by atoms with Gasteiger partial charge in [0.2, 0.25) is 0 Å². The molecule has 1 aliphatic rings. The predicted octanol–water partition coefficient (Wildman–Crippen LogP) is 0.395. The van der Waals surface area contributed by atoms with Crippen molar-refractivity contribution >= 4 is 5.97 Å². The Morgan fingerprint density at radius 2 is 2.29 bits per heavy atom. The molecule has 4 heteroatoms. The SMILES string of the molecule is CCN(CC(=O)OC)C1CCCC1O. The summed E-state index contributed by atoms with van der Waals surface area (Å²) >= 11 is 0. The molecule has 0 heterocycles. The van der Waals surface area contributed by atoms with E-state index in [9.17, 15) is 9.90 Å². The lowest BCUT2D eigenvalue weighted by Crippen LogP contribution is -2.43. The quantitative estimate of drug-likeness (QED) is 0.669. The molecule has 2 unspecified atom stereocenters. The van der Waals surface area contributed by atoms with Crippen molar-refractivity contribution in [3.05, 3.63) is 0 Å². The summed E-state index contributed by atoms with van der Waals surface area (Å²) in [5.74, 6) is -0.231. The van der Waals surface area contributed by atoms with Crippen LogP contribution in [0.1, 0.15) is 26.2 Å². The molecule has 2 atom stereocenters. The normalized spacial score (nSPS) is 26.9. The summed E-state index contributed by atoms with van der Waals surface area (Å²) in [7, 11) is 1.39. The zero-order chi connectivity index (χ0) is 10.6. The van der Waals surface area contributed by atoms with Gasteiger partial charge in [0.15, 0.2) is 0 Å². The average molecular weight is 201 g/mol. The maximum atomic E-state index is 11.1. The number of hydrogen-bond acceptors (Lipinski definition) is 4. The van der Waals surface area contributed by atoms with Gasteiger partial charge in [-0.3, -0.25) is 9.69 Å². The van der Waals surface area contributed by atoms with Crippen LogP contribution in [-0.2, 0) is 9.53 Å². The standard InChI is InChI=1S/C10H19NO3/c1-3-11(7-10(13)14-2)8-5-4-6-9(8)12/h8-9,12H,3-7H2,1-2H3. The first-order valence-corrected chi connectivity index (χ1v) is 5.18. The van der Waals surface area contributed by atoms with E-state index in [-0.39, 0.29) is 24.7 Å². The average Bonchev–Trinajstić information content (AvgIpc) is 2.60. The molecule has 82 valence electrons. The third-order valence-corrected chi connectivity index (χ3v) is 2.88. The number of esters is 1. The number of carbonyl (C=O) groups excluding carboxylic acids is 1. The van der Waals surface area contributed by atoms with Crippen LogP contribution in [0, 0.1) is 0 Å². The number of hydrogen-bond donors (Lipinski definition) is 1. The summed E-state index contributed by atoms with van der Waals surface area (Å²) in [6, 6.07) is 0.138. The van der Waals surface area contributed by atoms with Crippen molar-refractivity contribution in [1.29, 1.82) is 0 Å². The van der Waals surface area contributed by atoms with Crippen LogP contribution < -0.4 is 0 Å². The van der Waals surface area contributed by atoms with Gasteiger partial charge < -0.3 is 9.84 Å². The van der Waals surface area contributed by atoms with Crippen LogP contribution in [0.5, 0.6) is 0 Å². The predicted molar refractivity (Wildman–Crippen MR) is 52.9 cm³/mol. The number of likely N-dealkylation sites (N-methyl/N-ethyl adjacent to an activating group) is 1. The zero-order valence-corrected chi connectivity index (χ0v) is 8.90. The van der Waals surface area contributed by atoms with Crippen LogP contribution in [0.4, 0.5) is 0 Å². The molecular weight excluding hydrogens is 182 g/mol. The number of methoxy groups -OCH3 is 1. The second kappa shape index (κ2) is 5.32. The summed E-state index contributed by atoms with van der Waals surface area (Å²) in [6.45, 7) is 3.06. The zero-order valence-electron chi connectivity index (χ0n) is 8.90. The third kappa shape index (κ3) is 2.69. The fourth-order valence-corrected chi connectivity index (χ4v) is 2.04. The maximum absolute atomic E-state index is 11.1. The van der Waals surface area contributed by atoms with Gasteiger partial charge in [0, 0.05) is 6.04 Å². The van der Waals surface area contributed by atoms with E-state index < -0.39 is 0 Å². The molecule has 1 aliphatic carbocycles. The van der Waals surface area contributed by atoms with Crippen molar-refractivity contribution in [2.45, 2.75) is 38.3 Å². The van der Waals surface area contributed by atoms with Gasteiger partial charge in [-0.25, -0.2) is 0 Å². The van der Waals surface area contributed by atoms with E-state index in [2.05, 4.69) is 4.74 Å². The van der Waals surface area contributed by atoms with Gasteiger partial charge in [-0.15, -0.1) is 0 Å². The molecule has 4 nitrogen and oxygen atoms in total. The first-order valence-electron chi connectivity index (χ1n) is 5.18. The second-order valence-electron chi connectivity index (χ2n) is 3.70. The topological polar surface area (TPSA) is 49.8 Å². The molecule has 1 N–H and O–H groups in total. The summed E-state index contributed by atoms with van der Waals surface area (Å²) in [4.78, 5) is 13.1. The van der Waals surface area contributed by atoms with Gasteiger partial charge in [0.05, 0.1) is 19.8 Å². The van der Waals surface area contributed by atoms with Gasteiger partial charge in [-0.2, -0.15) is 0 Å². The summed E-state index contributed by atoms with van der Waals surface area (Å²) in [5.41, 5.74) is 0. The molecule has 1 rings (SSSR count). The minimum atomic E-state index is -0.278. The highest BCUT2D eigenvalue weighted by Gasteiger charge is 2.30. The van der Waals surface area contributed by atoms with Crippen LogP contribution in [0.3, 0.4) is 0 Å². The van der Waals surface area contributed by atoms with Gasteiger partial charge in [0.25, 0.3) is 0 Å². The highest BCUT2D eigenvalue weighted by molar-refractivity contribution is 5.71. The van der Waals surface area contributed by atoms with Crippen LogP contribution >= 0.6 is 0 Å². The minimum absolute atomic E-state index is 0.138. The molecule has 1 saturated carbocycles. The highest BCUT2D eigenvalue weighted by atomic mass is 16.5. The van der Waals surface area contributed by atoms with Gasteiger partial charge in [0.1, 0.15) is 0 Å². The van der Waals surface area contributed by atoms with E-state index in [4.69, 9.17) is 0 Å². The molecular formula is C10H19NO3. The van der Waals surface area contributed by atoms with Gasteiger partial charge >= 0.3 is 5.97 Å². The molecule has 0 spiro atoms. The molecule has 1 fully saturated rings. The van der Waals surface area contributed by atoms with Gasteiger partial charge in [-0.1, -0.05) is 6.92 Å². The number of aliphatic hydroxyl groups excluding tert-OH is 1. The van der Waals surface area contributed by atoms with Crippen LogP contribution in [0.15, 0.2) is 0 Å². The molecule has 0 radical (unpaired) electrons. The highest BCUT2D eigenvalue weighted by Crippen LogP contribution is 2.23. The van der Waals surface area contributed by atoms with E-state index >= 15 is 0 Å². The summed E-state index contributed by atoms with van der Waals surface area (Å²) in [5, 5.41) is 9.68. The van der Waals surface area contributed by atoms with E-state index in [1.807, 2.05) is 11.8 Å². The Bertz CT molecular complexity index is 196. The lowest BCUT2D eigenvalue weighted by molar-refractivity contribution is -0.142. The fraction of sp³-hybridized carbons (Fsp3) is 0.900. The van der Waals surface area contributed by atoms with E-state index in [1.165, 1.54) is 7.11 Å². The van der Waals surface area contributed by atoms with Crippen molar-refractivity contribution in [1.82, 2.24) is 4.90 Å². The van der Waals surface area contributed by atoms with Gasteiger partial charge in [-0.05, 0) is 25.8 Å². The second-order valence-corrected chi connectivity index (χ2v) is 3.70. The molecule has 0 amide bonds. The van der Waals surface area contributed by atoms with E-state index in [0.29, 0.717) is 0 Å². The summed E-state index contributed by atoms with van der Waals surface area (Å²) in [6.07, 6.45) is 2.59. The number of aliphatic hydroxyl groups is 1. The van der Waals surface area contributed by atoms with Crippen LogP contribution in [0.25, 0.3) is 0 Å². The number of ether oxygens (including phenoxy) is 1. The van der Waals surface area contributed by atoms with Crippen molar-refractivity contribution in [3.63, 3.8) is 0 Å². The number of rotatable bonds is 4. The Labute approximate surface area is 84.8 Å². The third-order valence-electron chi connectivity index (χ3n) is 2.88. The minimum Gasteiger partial charge on any atom is -0.468 e. The van der Waals surface area contributed by atoms with E-state index in [0.717, 1.165) is 25.8 Å². The Balaban J connectivity index is 2.48. The first kappa shape index (κ1) is 11.5. The Morgan fingerprint density at radius 1 is 1.57 bits per heavy atom. The van der Waals surface area contributed by atoms with Crippen LogP contribution in [-0.4, -0.2) is 48.3 Å². The van der Waals surface area contributed by atoms with Crippen molar-refractivity contribution < 1.29 is 14.6 Å². The van der Waals surface area contributed by atoms with Crippen LogP contribution in [0.2, 0.25) is 0 Å². The Kier molecular flexibility index (Phi) is 4.35. The molecule has 0 aromatic heterocycles. The first-order chi connectivity index (χ1) is 6.69. The molecule has 0 saturated heterocycles. The number of carbonyl (C=O) groups is 1. The van der Waals surface area contributed by atoms with E-state index in [1.54, 1.807) is 0 Å². The Hall–Kier alpha value is -0.610. The van der Waals surface area contributed by atoms with Crippen molar-refractivity contribution in [2.24, 2.45) is 0 Å². The largest absolute Gasteiger partial charge is 0.468 e. The monoisotopic (exact) mass is 201 g/mol. The van der Waals surface area contributed by atoms with Crippen molar-refractivity contribution in [3.8, 4) is 0 Å². The molecule has 0 aromatic carbocycles. The number of nitrogens with zero attached hydrogens (tertiary/aromatic N) is 1. The summed E-state index contributed by atoms with van der Waals surface area (Å²) < 4.78 is 4.62. The molecule has 0 aromatic rings. The fourth-order valence-electron chi connectivity index (χ4n) is 2.04. The lowest BCUT2D eigenvalue weighted by atomic mass is 10.2. The lowest BCUT2D eigenvalue weighted by Gasteiger charge is -2.28. The smallest absolute Gasteiger partial charge is 0.319 e. The maximum Gasteiger partial charge on any atom is 0.319 e. The van der Waals surface area contributed by atoms with Crippen molar-refractivity contribution in [2.75, 3.05) is 20.2 Å². The molecule has 14 heavy (non-hydrogen) atoms. The molecule has 0 bridgehead atoms. The Morgan fingerprint density at radius 3 is 2.71 bits per heavy atom. The molecule has 0 aliphatic heterocycles.